The van der Waals surface area contributed by atoms with E-state index in [1.807, 2.05) is 0 Å². The molecule has 26 heavy (non-hydrogen) atoms. The summed E-state index contributed by atoms with van der Waals surface area (Å²) in [5.41, 5.74) is -4.07. The van der Waals surface area contributed by atoms with Crippen LogP contribution in [0.5, 0.6) is 0 Å². The highest BCUT2D eigenvalue weighted by Crippen LogP contribution is 2.55. The van der Waals surface area contributed by atoms with Gasteiger partial charge in [0.2, 0.25) is 5.13 Å². The summed E-state index contributed by atoms with van der Waals surface area (Å²) in [5, 5.41) is 2.90. The van der Waals surface area contributed by atoms with Crippen LogP contribution in [0.4, 0.5) is 13.2 Å². The molecule has 2 rings (SSSR count). The first kappa shape index (κ1) is 21.0. The first-order valence-corrected chi connectivity index (χ1v) is 8.34. The number of esters is 1. The lowest BCUT2D eigenvalue weighted by molar-refractivity contribution is -0.257. The highest BCUT2D eigenvalue weighted by molar-refractivity contribution is 6.33. The summed E-state index contributed by atoms with van der Waals surface area (Å²) >= 11 is 12.0. The molecule has 0 saturated heterocycles. The number of hydrogen-bond acceptors (Lipinski definition) is 5. The molecule has 1 aromatic rings. The van der Waals surface area contributed by atoms with E-state index in [9.17, 15) is 13.6 Å². The molecular weight excluding hydrogens is 400 g/mol. The fraction of sp³-hybridized carbons (Fsp3) is 0.600. The van der Waals surface area contributed by atoms with Crippen molar-refractivity contribution < 1.29 is 32.2 Å². The second kappa shape index (κ2) is 7.75. The molecule has 0 spiro atoms. The monoisotopic (exact) mass is 416 g/mol. The molecule has 1 aliphatic carbocycles. The number of aromatic amines is 1. The standard InChI is InChI=1S/C15H17Cl2F3N2O4/c1-3-24-11(23)7-25-13(2)8-14(26-12(18)19,10-4-5-21-22-10)15(17,20)6-9(13)16/h4-6,12H,3,7-8H2,1-2H3,(H,21,22). The number of nitrogens with zero attached hydrogens (tertiary/aromatic N) is 1. The maximum absolute atomic E-state index is 15.2. The fourth-order valence-electron chi connectivity index (χ4n) is 2.74. The third-order valence-corrected chi connectivity index (χ3v) is 4.90. The van der Waals surface area contributed by atoms with Gasteiger partial charge in [0.05, 0.1) is 17.3 Å². The van der Waals surface area contributed by atoms with Crippen LogP contribution >= 0.6 is 23.2 Å². The van der Waals surface area contributed by atoms with Gasteiger partial charge in [0, 0.05) is 12.6 Å². The number of alkyl halides is 4. The van der Waals surface area contributed by atoms with Crippen LogP contribution in [0.2, 0.25) is 0 Å². The average molecular weight is 417 g/mol. The van der Waals surface area contributed by atoms with E-state index in [-0.39, 0.29) is 17.3 Å². The maximum Gasteiger partial charge on any atom is 0.346 e. The third-order valence-electron chi connectivity index (χ3n) is 3.98. The van der Waals surface area contributed by atoms with Gasteiger partial charge in [-0.3, -0.25) is 5.10 Å². The zero-order valence-electron chi connectivity index (χ0n) is 13.9. The lowest BCUT2D eigenvalue weighted by Crippen LogP contribution is -2.56. The highest BCUT2D eigenvalue weighted by Gasteiger charge is 2.62. The molecule has 0 radical (unpaired) electrons. The van der Waals surface area contributed by atoms with E-state index < -0.39 is 41.9 Å². The van der Waals surface area contributed by atoms with Crippen LogP contribution in [-0.2, 0) is 24.6 Å². The molecule has 11 heteroatoms. The molecule has 0 aromatic carbocycles. The Kier molecular flexibility index (Phi) is 6.27. The Morgan fingerprint density at radius 2 is 2.19 bits per heavy atom. The highest BCUT2D eigenvalue weighted by atomic mass is 35.5. The summed E-state index contributed by atoms with van der Waals surface area (Å²) in [5.74, 6) is -0.692. The van der Waals surface area contributed by atoms with Gasteiger partial charge in [0.15, 0.2) is 5.60 Å². The number of ether oxygens (including phenoxy) is 3. The van der Waals surface area contributed by atoms with E-state index in [1.165, 1.54) is 19.2 Å². The van der Waals surface area contributed by atoms with Gasteiger partial charge < -0.3 is 14.2 Å². The van der Waals surface area contributed by atoms with Crippen LogP contribution in [0.25, 0.3) is 0 Å². The van der Waals surface area contributed by atoms with E-state index in [2.05, 4.69) is 14.9 Å². The van der Waals surface area contributed by atoms with Crippen molar-refractivity contribution in [2.45, 2.75) is 43.2 Å². The third kappa shape index (κ3) is 4.00. The molecule has 1 N–H and O–H groups in total. The summed E-state index contributed by atoms with van der Waals surface area (Å²) in [6.45, 7) is -0.741. The molecule has 3 unspecified atom stereocenters. The Balaban J connectivity index is 2.44. The maximum atomic E-state index is 15.2. The van der Waals surface area contributed by atoms with Crippen molar-refractivity contribution in [2.24, 2.45) is 0 Å². The Bertz CT molecular complexity index is 672. The Hall–Kier alpha value is -1.29. The van der Waals surface area contributed by atoms with Crippen molar-refractivity contribution in [1.29, 1.82) is 0 Å². The minimum atomic E-state index is -3.35. The van der Waals surface area contributed by atoms with Crippen molar-refractivity contribution in [1.82, 2.24) is 10.2 Å². The lowest BCUT2D eigenvalue weighted by Gasteiger charge is -2.48. The minimum Gasteiger partial charge on any atom is -0.464 e. The average Bonchev–Trinajstić information content (AvgIpc) is 3.05. The van der Waals surface area contributed by atoms with Gasteiger partial charge in [-0.05, 0) is 26.0 Å². The molecule has 6 nitrogen and oxygen atoms in total. The van der Waals surface area contributed by atoms with Gasteiger partial charge in [0.25, 0.3) is 0 Å². The van der Waals surface area contributed by atoms with E-state index in [0.717, 1.165) is 0 Å². The predicted molar refractivity (Wildman–Crippen MR) is 86.6 cm³/mol. The second-order valence-electron chi connectivity index (χ2n) is 5.79. The van der Waals surface area contributed by atoms with Crippen LogP contribution in [0.15, 0.2) is 23.4 Å². The summed E-state index contributed by atoms with van der Waals surface area (Å²) in [7, 11) is 0. The summed E-state index contributed by atoms with van der Waals surface area (Å²) in [6.07, 6.45) is 1.39. The van der Waals surface area contributed by atoms with Crippen molar-refractivity contribution >= 4 is 29.2 Å². The summed E-state index contributed by atoms with van der Waals surface area (Å²) < 4.78 is 56.2. The molecule has 146 valence electrons. The number of carbonyl (C=O) groups excluding carboxylic acids is 1. The van der Waals surface area contributed by atoms with Crippen molar-refractivity contribution in [3.8, 4) is 0 Å². The zero-order chi connectivity index (χ0) is 19.6. The largest absolute Gasteiger partial charge is 0.464 e. The van der Waals surface area contributed by atoms with E-state index in [1.54, 1.807) is 6.92 Å². The van der Waals surface area contributed by atoms with Crippen LogP contribution in [-0.4, -0.2) is 46.7 Å². The SMILES string of the molecule is CCOC(=O)COC1(C)CC(OC(F)F)(c2ccn[nH]2)C(F)(Cl)C=C1Cl. The minimum absolute atomic E-state index is 0.129. The van der Waals surface area contributed by atoms with Crippen LogP contribution in [0, 0.1) is 0 Å². The smallest absolute Gasteiger partial charge is 0.346 e. The molecule has 1 heterocycles. The van der Waals surface area contributed by atoms with Crippen molar-refractivity contribution in [3.63, 3.8) is 0 Å². The number of halogens is 5. The summed E-state index contributed by atoms with van der Waals surface area (Å²) in [4.78, 5) is 11.6. The molecule has 1 aliphatic rings. The van der Waals surface area contributed by atoms with Crippen LogP contribution < -0.4 is 0 Å². The first-order valence-electron chi connectivity index (χ1n) is 7.58. The molecule has 3 atom stereocenters. The Morgan fingerprint density at radius 3 is 2.73 bits per heavy atom. The molecule has 0 amide bonds. The predicted octanol–water partition coefficient (Wildman–Crippen LogP) is 3.61. The number of hydrogen-bond donors (Lipinski definition) is 1. The van der Waals surface area contributed by atoms with E-state index >= 15 is 4.39 Å². The number of nitrogens with one attached hydrogen (secondary N) is 1. The number of rotatable bonds is 7. The van der Waals surface area contributed by atoms with E-state index in [0.29, 0.717) is 6.08 Å². The normalized spacial score (nSPS) is 31.8. The fourth-order valence-corrected chi connectivity index (χ4v) is 3.39. The first-order chi connectivity index (χ1) is 12.1. The van der Waals surface area contributed by atoms with Gasteiger partial charge in [-0.25, -0.2) is 9.18 Å². The van der Waals surface area contributed by atoms with Gasteiger partial charge >= 0.3 is 12.6 Å². The van der Waals surface area contributed by atoms with Gasteiger partial charge in [-0.1, -0.05) is 23.2 Å². The quantitative estimate of drug-likeness (QED) is 0.542. The Morgan fingerprint density at radius 1 is 1.50 bits per heavy atom. The van der Waals surface area contributed by atoms with Gasteiger partial charge in [0.1, 0.15) is 12.2 Å². The van der Waals surface area contributed by atoms with Crippen molar-refractivity contribution in [3.05, 3.63) is 29.1 Å². The zero-order valence-corrected chi connectivity index (χ0v) is 15.4. The molecule has 0 bridgehead atoms. The number of aromatic nitrogens is 2. The number of carbonyl (C=O) groups is 1. The molecular formula is C15H17Cl2F3N2O4. The number of H-pyrrole nitrogens is 1. The molecule has 1 aromatic heterocycles. The molecule has 0 fully saturated rings. The van der Waals surface area contributed by atoms with Crippen molar-refractivity contribution in [2.75, 3.05) is 13.2 Å². The topological polar surface area (TPSA) is 73.4 Å². The van der Waals surface area contributed by atoms with Gasteiger partial charge in [-0.15, -0.1) is 0 Å². The lowest BCUT2D eigenvalue weighted by atomic mass is 9.76. The van der Waals surface area contributed by atoms with Crippen LogP contribution in [0.1, 0.15) is 26.0 Å². The summed E-state index contributed by atoms with van der Waals surface area (Å²) in [6, 6.07) is 1.25. The second-order valence-corrected chi connectivity index (χ2v) is 6.75. The van der Waals surface area contributed by atoms with Crippen LogP contribution in [0.3, 0.4) is 0 Å². The molecule has 0 aliphatic heterocycles. The van der Waals surface area contributed by atoms with E-state index in [4.69, 9.17) is 32.7 Å². The Labute approximate surface area is 157 Å². The van der Waals surface area contributed by atoms with Gasteiger partial charge in [-0.2, -0.15) is 13.9 Å². The molecule has 0 saturated carbocycles.